The molecule has 0 amide bonds. The monoisotopic (exact) mass is 254 g/mol. The fraction of sp³-hybridized carbons (Fsp3) is 0.417. The molecule has 1 unspecified atom stereocenters. The van der Waals surface area contributed by atoms with Gasteiger partial charge in [0, 0.05) is 0 Å². The molecule has 0 spiro atoms. The van der Waals surface area contributed by atoms with Crippen molar-refractivity contribution in [3.8, 4) is 0 Å². The first kappa shape index (κ1) is 12.1. The zero-order valence-corrected chi connectivity index (χ0v) is 10.1. The second-order valence-electron chi connectivity index (χ2n) is 4.35. The van der Waals surface area contributed by atoms with Gasteiger partial charge in [0.1, 0.15) is 0 Å². The molecule has 92 valence electrons. The van der Waals surface area contributed by atoms with Crippen LogP contribution < -0.4 is 0 Å². The topological polar surface area (TPSA) is 71.4 Å². The summed E-state index contributed by atoms with van der Waals surface area (Å²) in [5.41, 5.74) is 0.859. The molecule has 0 aromatic heterocycles. The molecule has 0 aliphatic carbocycles. The molecule has 0 radical (unpaired) electrons. The van der Waals surface area contributed by atoms with Crippen LogP contribution in [0.3, 0.4) is 0 Å². The van der Waals surface area contributed by atoms with E-state index in [-0.39, 0.29) is 23.0 Å². The van der Waals surface area contributed by atoms with Gasteiger partial charge in [0.25, 0.3) is 0 Å². The summed E-state index contributed by atoms with van der Waals surface area (Å²) in [5, 5.41) is 9.08. The van der Waals surface area contributed by atoms with Gasteiger partial charge in [-0.25, -0.2) is 13.2 Å². The number of carboxylic acids is 1. The van der Waals surface area contributed by atoms with Gasteiger partial charge in [0.2, 0.25) is 0 Å². The van der Waals surface area contributed by atoms with Gasteiger partial charge in [-0.05, 0) is 30.4 Å². The fourth-order valence-corrected chi connectivity index (χ4v) is 4.05. The van der Waals surface area contributed by atoms with Crippen LogP contribution in [0.2, 0.25) is 0 Å². The number of carboxylic acid groups (broad SMARTS) is 1. The Morgan fingerprint density at radius 3 is 2.65 bits per heavy atom. The summed E-state index contributed by atoms with van der Waals surface area (Å²) in [6, 6.07) is 6.65. The summed E-state index contributed by atoms with van der Waals surface area (Å²) in [7, 11) is -3.02. The van der Waals surface area contributed by atoms with E-state index < -0.39 is 15.8 Å². The lowest BCUT2D eigenvalue weighted by Gasteiger charge is -2.23. The van der Waals surface area contributed by atoms with Crippen molar-refractivity contribution in [2.45, 2.75) is 18.8 Å². The van der Waals surface area contributed by atoms with Crippen LogP contribution in [0.5, 0.6) is 0 Å². The molecule has 0 bridgehead atoms. The van der Waals surface area contributed by atoms with Gasteiger partial charge in [-0.1, -0.05) is 18.2 Å². The Balaban J connectivity index is 2.37. The Kier molecular flexibility index (Phi) is 3.19. The lowest BCUT2D eigenvalue weighted by molar-refractivity contribution is 0.0695. The van der Waals surface area contributed by atoms with E-state index in [1.54, 1.807) is 18.2 Å². The summed E-state index contributed by atoms with van der Waals surface area (Å²) in [6.45, 7) is 0. The van der Waals surface area contributed by atoms with Crippen LogP contribution in [0.4, 0.5) is 0 Å². The molecule has 1 saturated heterocycles. The first-order valence-corrected chi connectivity index (χ1v) is 7.34. The van der Waals surface area contributed by atoms with Crippen LogP contribution in [-0.2, 0) is 9.84 Å². The molecule has 1 N–H and O–H groups in total. The number of sulfone groups is 1. The molecule has 17 heavy (non-hydrogen) atoms. The molecule has 1 heterocycles. The van der Waals surface area contributed by atoms with Gasteiger partial charge in [0.05, 0.1) is 17.1 Å². The summed E-state index contributed by atoms with van der Waals surface area (Å²) >= 11 is 0. The standard InChI is InChI=1S/C12H14O4S/c13-12(14)11-6-2-1-5-10(11)9-4-3-7-17(15,16)8-9/h1-2,5-6,9H,3-4,7-8H2,(H,13,14). The van der Waals surface area contributed by atoms with Crippen molar-refractivity contribution >= 4 is 15.8 Å². The average molecular weight is 254 g/mol. The Morgan fingerprint density at radius 1 is 1.29 bits per heavy atom. The fourth-order valence-electron chi connectivity index (χ4n) is 2.32. The van der Waals surface area contributed by atoms with E-state index in [1.807, 2.05) is 0 Å². The molecule has 5 heteroatoms. The van der Waals surface area contributed by atoms with Crippen molar-refractivity contribution in [2.24, 2.45) is 0 Å². The second kappa shape index (κ2) is 4.49. The Bertz CT molecular complexity index is 533. The predicted molar refractivity (Wildman–Crippen MR) is 64.0 cm³/mol. The SMILES string of the molecule is O=C(O)c1ccccc1C1CCCS(=O)(=O)C1. The predicted octanol–water partition coefficient (Wildman–Crippen LogP) is 1.68. The highest BCUT2D eigenvalue weighted by Gasteiger charge is 2.28. The van der Waals surface area contributed by atoms with Crippen LogP contribution in [0, 0.1) is 0 Å². The van der Waals surface area contributed by atoms with Crippen LogP contribution in [-0.4, -0.2) is 31.0 Å². The van der Waals surface area contributed by atoms with E-state index in [0.717, 1.165) is 6.42 Å². The van der Waals surface area contributed by atoms with Crippen molar-refractivity contribution < 1.29 is 18.3 Å². The van der Waals surface area contributed by atoms with Gasteiger partial charge in [0.15, 0.2) is 9.84 Å². The molecule has 1 aromatic carbocycles. The van der Waals surface area contributed by atoms with E-state index in [9.17, 15) is 13.2 Å². The molecule has 1 aliphatic rings. The highest BCUT2D eigenvalue weighted by atomic mass is 32.2. The van der Waals surface area contributed by atoms with Crippen molar-refractivity contribution in [1.82, 2.24) is 0 Å². The molecule has 1 aliphatic heterocycles. The molecule has 0 saturated carbocycles. The molecular weight excluding hydrogens is 240 g/mol. The van der Waals surface area contributed by atoms with Crippen LogP contribution >= 0.6 is 0 Å². The van der Waals surface area contributed by atoms with E-state index in [2.05, 4.69) is 0 Å². The number of rotatable bonds is 2. The maximum absolute atomic E-state index is 11.6. The van der Waals surface area contributed by atoms with Gasteiger partial charge in [-0.15, -0.1) is 0 Å². The highest BCUT2D eigenvalue weighted by molar-refractivity contribution is 7.91. The van der Waals surface area contributed by atoms with Crippen LogP contribution in [0.15, 0.2) is 24.3 Å². The number of carbonyl (C=O) groups is 1. The van der Waals surface area contributed by atoms with Gasteiger partial charge in [-0.2, -0.15) is 0 Å². The van der Waals surface area contributed by atoms with Gasteiger partial charge in [-0.3, -0.25) is 0 Å². The molecule has 4 nitrogen and oxygen atoms in total. The van der Waals surface area contributed by atoms with Gasteiger partial charge >= 0.3 is 5.97 Å². The Hall–Kier alpha value is -1.36. The number of aromatic carboxylic acids is 1. The third-order valence-corrected chi connectivity index (χ3v) is 4.91. The number of hydrogen-bond acceptors (Lipinski definition) is 3. The quantitative estimate of drug-likeness (QED) is 0.871. The summed E-state index contributed by atoms with van der Waals surface area (Å²) in [4.78, 5) is 11.1. The van der Waals surface area contributed by atoms with E-state index >= 15 is 0 Å². The number of benzene rings is 1. The summed E-state index contributed by atoms with van der Waals surface area (Å²) < 4.78 is 23.1. The maximum Gasteiger partial charge on any atom is 0.335 e. The lowest BCUT2D eigenvalue weighted by atomic mass is 9.92. The third kappa shape index (κ3) is 2.66. The summed E-state index contributed by atoms with van der Waals surface area (Å²) in [5.74, 6) is -0.889. The Labute approximate surface area is 100 Å². The number of hydrogen-bond donors (Lipinski definition) is 1. The maximum atomic E-state index is 11.6. The molecule has 1 aromatic rings. The lowest BCUT2D eigenvalue weighted by Crippen LogP contribution is -2.24. The molecular formula is C12H14O4S. The van der Waals surface area contributed by atoms with Crippen molar-refractivity contribution in [3.63, 3.8) is 0 Å². The van der Waals surface area contributed by atoms with E-state index in [0.29, 0.717) is 12.0 Å². The van der Waals surface area contributed by atoms with E-state index in [1.165, 1.54) is 6.07 Å². The molecule has 1 fully saturated rings. The minimum absolute atomic E-state index is 0.0668. The first-order chi connectivity index (χ1) is 7.99. The largest absolute Gasteiger partial charge is 0.478 e. The van der Waals surface area contributed by atoms with Crippen LogP contribution in [0.1, 0.15) is 34.7 Å². The average Bonchev–Trinajstić information content (AvgIpc) is 2.27. The minimum Gasteiger partial charge on any atom is -0.478 e. The van der Waals surface area contributed by atoms with Crippen LogP contribution in [0.25, 0.3) is 0 Å². The van der Waals surface area contributed by atoms with Gasteiger partial charge < -0.3 is 5.11 Å². The smallest absolute Gasteiger partial charge is 0.335 e. The van der Waals surface area contributed by atoms with Crippen molar-refractivity contribution in [2.75, 3.05) is 11.5 Å². The normalized spacial score (nSPS) is 23.2. The summed E-state index contributed by atoms with van der Waals surface area (Å²) in [6.07, 6.45) is 1.35. The Morgan fingerprint density at radius 2 is 2.00 bits per heavy atom. The minimum atomic E-state index is -3.02. The molecule has 2 rings (SSSR count). The van der Waals surface area contributed by atoms with Crippen molar-refractivity contribution in [1.29, 1.82) is 0 Å². The second-order valence-corrected chi connectivity index (χ2v) is 6.57. The zero-order chi connectivity index (χ0) is 12.5. The molecule has 1 atom stereocenters. The highest BCUT2D eigenvalue weighted by Crippen LogP contribution is 2.30. The first-order valence-electron chi connectivity index (χ1n) is 5.52. The third-order valence-electron chi connectivity index (χ3n) is 3.09. The van der Waals surface area contributed by atoms with E-state index in [4.69, 9.17) is 5.11 Å². The zero-order valence-electron chi connectivity index (χ0n) is 9.30. The van der Waals surface area contributed by atoms with Crippen molar-refractivity contribution in [3.05, 3.63) is 35.4 Å².